The number of carbonyl (C=O) groups is 4. The minimum atomic E-state index is -0.734. The van der Waals surface area contributed by atoms with Gasteiger partial charge in [0, 0.05) is 18.2 Å². The van der Waals surface area contributed by atoms with Crippen LogP contribution in [0.1, 0.15) is 96.9 Å². The zero-order valence-electron chi connectivity index (χ0n) is 37.2. The highest BCUT2D eigenvalue weighted by atomic mass is 16.5. The molecule has 9 rings (SSSR count). The van der Waals surface area contributed by atoms with E-state index in [2.05, 4.69) is 81.3 Å². The number of alkyl carbamates (subject to hydrolysis) is 2. The van der Waals surface area contributed by atoms with E-state index in [4.69, 9.17) is 19.4 Å². The average Bonchev–Trinajstić information content (AvgIpc) is 3.91. The first-order chi connectivity index (χ1) is 30.1. The molecule has 2 saturated heterocycles. The molecule has 1 spiro atoms. The Morgan fingerprint density at radius 1 is 0.762 bits per heavy atom. The van der Waals surface area contributed by atoms with Crippen LogP contribution in [0.2, 0.25) is 0 Å². The lowest BCUT2D eigenvalue weighted by Gasteiger charge is -2.40. The maximum absolute atomic E-state index is 14.2. The van der Waals surface area contributed by atoms with Gasteiger partial charge in [0.25, 0.3) is 0 Å². The number of piperidine rings is 1. The topological polar surface area (TPSA) is 175 Å². The summed E-state index contributed by atoms with van der Waals surface area (Å²) in [6.45, 7) is 10.4. The molecule has 2 aliphatic heterocycles. The van der Waals surface area contributed by atoms with Gasteiger partial charge < -0.3 is 39.9 Å². The first-order valence-electron chi connectivity index (χ1n) is 22.2. The lowest BCUT2D eigenvalue weighted by Crippen LogP contribution is -2.56. The summed E-state index contributed by atoms with van der Waals surface area (Å²) in [6.07, 6.45) is 8.40. The maximum Gasteiger partial charge on any atom is 0.407 e. The minimum Gasteiger partial charge on any atom is -0.453 e. The van der Waals surface area contributed by atoms with Gasteiger partial charge in [-0.15, -0.1) is 0 Å². The first-order valence-corrected chi connectivity index (χ1v) is 22.2. The van der Waals surface area contributed by atoms with Crippen LogP contribution in [-0.2, 0) is 19.1 Å². The summed E-state index contributed by atoms with van der Waals surface area (Å²) in [6, 6.07) is 19.6. The van der Waals surface area contributed by atoms with Crippen molar-refractivity contribution >= 4 is 34.8 Å². The van der Waals surface area contributed by atoms with Crippen LogP contribution in [0.15, 0.2) is 73.1 Å². The third-order valence-corrected chi connectivity index (χ3v) is 14.0. The number of benzene rings is 3. The number of likely N-dealkylation sites (tertiary alicyclic amines) is 2. The van der Waals surface area contributed by atoms with Crippen molar-refractivity contribution in [3.05, 3.63) is 84.7 Å². The molecule has 63 heavy (non-hydrogen) atoms. The highest BCUT2D eigenvalue weighted by molar-refractivity contribution is 5.91. The van der Waals surface area contributed by atoms with Gasteiger partial charge in [0.15, 0.2) is 0 Å². The average molecular weight is 855 g/mol. The van der Waals surface area contributed by atoms with E-state index in [0.717, 1.165) is 94.6 Å². The van der Waals surface area contributed by atoms with Crippen LogP contribution in [-0.4, -0.2) is 92.6 Å². The van der Waals surface area contributed by atoms with E-state index in [9.17, 15) is 19.2 Å². The molecule has 6 atom stereocenters. The highest BCUT2D eigenvalue weighted by Gasteiger charge is 2.55. The van der Waals surface area contributed by atoms with Gasteiger partial charge in [-0.25, -0.2) is 19.6 Å². The predicted molar refractivity (Wildman–Crippen MR) is 239 cm³/mol. The largest absolute Gasteiger partial charge is 0.453 e. The fourth-order valence-electron chi connectivity index (χ4n) is 10.3. The Bertz CT molecular complexity index is 2550. The number of fused-ring (bicyclic) bond motifs is 3. The third kappa shape index (κ3) is 8.04. The number of nitrogens with zero attached hydrogens (tertiary/aromatic N) is 4. The number of carbonyl (C=O) groups excluding carboxylic acids is 4. The fraction of sp³-hybridized carbons (Fsp3) is 0.469. The van der Waals surface area contributed by atoms with Crippen molar-refractivity contribution in [3.8, 4) is 33.6 Å². The van der Waals surface area contributed by atoms with Gasteiger partial charge in [0.05, 0.1) is 50.1 Å². The Labute approximate surface area is 367 Å². The molecule has 3 aromatic carbocycles. The van der Waals surface area contributed by atoms with Crippen molar-refractivity contribution in [2.24, 2.45) is 22.7 Å². The number of rotatable bonds is 10. The number of aromatic nitrogens is 4. The molecule has 5 aromatic rings. The molecule has 4 fully saturated rings. The molecular weight excluding hydrogens is 797 g/mol. The van der Waals surface area contributed by atoms with Crippen molar-refractivity contribution < 1.29 is 28.7 Å². The number of methoxy groups -OCH3 is 2. The molecule has 4 heterocycles. The SMILES string of the molecule is COC(=O)N[C@H](C(=O)N1CC2(CC2)C[C@H]1c1ncc(-c2ccc3cc(-c4ccc(-c5cnc([C@@H]6C7CC[C@H](C7)N6C(=O)[C@@H](NC(=O)OC)C(C)(C)C)[nH]5)cc4)ccc3c2)[nH]1)C(C)C. The second-order valence-electron chi connectivity index (χ2n) is 19.6. The van der Waals surface area contributed by atoms with Crippen molar-refractivity contribution in [1.29, 1.82) is 0 Å². The molecule has 0 radical (unpaired) electrons. The molecule has 14 heteroatoms. The number of imidazole rings is 2. The first kappa shape index (κ1) is 42.1. The molecule has 4 aliphatic rings. The van der Waals surface area contributed by atoms with Gasteiger partial charge >= 0.3 is 12.2 Å². The van der Waals surface area contributed by atoms with Crippen molar-refractivity contribution in [2.75, 3.05) is 20.8 Å². The summed E-state index contributed by atoms with van der Waals surface area (Å²) in [7, 11) is 2.62. The van der Waals surface area contributed by atoms with Gasteiger partial charge in [-0.05, 0) is 101 Å². The van der Waals surface area contributed by atoms with Crippen LogP contribution in [0, 0.1) is 22.7 Å². The molecule has 14 nitrogen and oxygen atoms in total. The van der Waals surface area contributed by atoms with Crippen molar-refractivity contribution in [3.63, 3.8) is 0 Å². The summed E-state index contributed by atoms with van der Waals surface area (Å²) in [4.78, 5) is 73.1. The molecule has 2 saturated carbocycles. The molecular formula is C49H58N8O6. The Hall–Kier alpha value is -6.18. The van der Waals surface area contributed by atoms with E-state index in [1.807, 2.05) is 56.8 Å². The van der Waals surface area contributed by atoms with Gasteiger partial charge in [0.2, 0.25) is 11.8 Å². The Morgan fingerprint density at radius 3 is 2.00 bits per heavy atom. The summed E-state index contributed by atoms with van der Waals surface area (Å²) >= 11 is 0. The quantitative estimate of drug-likeness (QED) is 0.108. The van der Waals surface area contributed by atoms with Crippen LogP contribution in [0.4, 0.5) is 9.59 Å². The third-order valence-electron chi connectivity index (χ3n) is 14.0. The van der Waals surface area contributed by atoms with E-state index in [-0.39, 0.29) is 41.3 Å². The van der Waals surface area contributed by atoms with Crippen molar-refractivity contribution in [2.45, 2.75) is 103 Å². The molecule has 330 valence electrons. The summed E-state index contributed by atoms with van der Waals surface area (Å²) in [5.74, 6) is 1.52. The van der Waals surface area contributed by atoms with Crippen LogP contribution in [0.25, 0.3) is 44.4 Å². The van der Waals surface area contributed by atoms with Gasteiger partial charge in [-0.3, -0.25) is 9.59 Å². The highest BCUT2D eigenvalue weighted by Crippen LogP contribution is 2.58. The Morgan fingerprint density at radius 2 is 1.35 bits per heavy atom. The number of nitrogens with one attached hydrogen (secondary N) is 4. The van der Waals surface area contributed by atoms with E-state index in [0.29, 0.717) is 12.5 Å². The van der Waals surface area contributed by atoms with Gasteiger partial charge in [-0.1, -0.05) is 83.1 Å². The summed E-state index contributed by atoms with van der Waals surface area (Å²) < 4.78 is 9.70. The monoisotopic (exact) mass is 854 g/mol. The van der Waals surface area contributed by atoms with Crippen LogP contribution in [0.3, 0.4) is 0 Å². The maximum atomic E-state index is 14.2. The number of hydrogen-bond donors (Lipinski definition) is 4. The van der Waals surface area contributed by atoms with Crippen LogP contribution in [0.5, 0.6) is 0 Å². The second kappa shape index (κ2) is 16.2. The predicted octanol–water partition coefficient (Wildman–Crippen LogP) is 8.54. The number of ether oxygens (including phenoxy) is 2. The molecule has 4 N–H and O–H groups in total. The zero-order chi connectivity index (χ0) is 44.4. The van der Waals surface area contributed by atoms with Gasteiger partial charge in [0.1, 0.15) is 23.7 Å². The molecule has 4 amide bonds. The van der Waals surface area contributed by atoms with Crippen LogP contribution < -0.4 is 10.6 Å². The van der Waals surface area contributed by atoms with Crippen LogP contribution >= 0.6 is 0 Å². The lowest BCUT2D eigenvalue weighted by molar-refractivity contribution is -0.141. The standard InChI is InChI=1S/C49H58N8O6/c1-27(2)39(54-46(60)62-6)44(58)56-26-49(18-19-49)23-38(56)42-50-25-37(52-42)33-15-14-31-20-30(12-13-32(31)21-33)28-8-10-29(11-9-28)36-24-51-43(53-36)40-34-16-17-35(22-34)57(40)45(59)41(48(3,4)5)55-47(61)63-7/h8-15,20-21,24-25,27,34-35,38-41H,16-19,22-23,26H2,1-7H3,(H,50,52)(H,51,53)(H,54,60)(H,55,61)/t34?,35-,38+,39+,40+,41-/m1/s1. The minimum absolute atomic E-state index is 0.102. The molecule has 2 aromatic heterocycles. The lowest BCUT2D eigenvalue weighted by atomic mass is 9.85. The fourth-order valence-corrected chi connectivity index (χ4v) is 10.3. The number of H-pyrrole nitrogens is 2. The van der Waals surface area contributed by atoms with E-state index >= 15 is 0 Å². The van der Waals surface area contributed by atoms with E-state index in [1.54, 1.807) is 0 Å². The van der Waals surface area contributed by atoms with E-state index < -0.39 is 29.7 Å². The molecule has 1 unspecified atom stereocenters. The number of aromatic amines is 2. The Kier molecular flexibility index (Phi) is 10.8. The normalized spacial score (nSPS) is 22.1. The van der Waals surface area contributed by atoms with E-state index in [1.165, 1.54) is 14.2 Å². The zero-order valence-corrected chi connectivity index (χ0v) is 37.2. The van der Waals surface area contributed by atoms with Crippen molar-refractivity contribution in [1.82, 2.24) is 40.4 Å². The summed E-state index contributed by atoms with van der Waals surface area (Å²) in [5, 5.41) is 7.77. The molecule has 2 bridgehead atoms. The summed E-state index contributed by atoms with van der Waals surface area (Å²) in [5.41, 5.74) is 5.57. The van der Waals surface area contributed by atoms with Gasteiger partial charge in [-0.2, -0.15) is 0 Å². The Balaban J connectivity index is 0.896. The second-order valence-corrected chi connectivity index (χ2v) is 19.6. The number of amides is 4. The smallest absolute Gasteiger partial charge is 0.407 e. The molecule has 2 aliphatic carbocycles. The number of hydrogen-bond acceptors (Lipinski definition) is 8.